The molecule has 0 saturated carbocycles. The minimum absolute atomic E-state index is 0. The highest BCUT2D eigenvalue weighted by molar-refractivity contribution is 14.0. The summed E-state index contributed by atoms with van der Waals surface area (Å²) in [4.78, 5) is 19.0. The summed E-state index contributed by atoms with van der Waals surface area (Å²) in [5, 5.41) is 6.60. The fourth-order valence-corrected chi connectivity index (χ4v) is 3.78. The van der Waals surface area contributed by atoms with Gasteiger partial charge in [0.25, 0.3) is 0 Å². The topological polar surface area (TPSA) is 75.2 Å². The smallest absolute Gasteiger partial charge is 0.223 e. The van der Waals surface area contributed by atoms with Crippen LogP contribution in [0.2, 0.25) is 0 Å². The molecule has 2 N–H and O–H groups in total. The minimum Gasteiger partial charge on any atom is -0.381 e. The van der Waals surface area contributed by atoms with Crippen molar-refractivity contribution in [2.45, 2.75) is 45.7 Å². The fourth-order valence-electron chi connectivity index (χ4n) is 3.78. The van der Waals surface area contributed by atoms with Crippen molar-refractivity contribution >= 4 is 35.8 Å². The van der Waals surface area contributed by atoms with Gasteiger partial charge < -0.3 is 25.0 Å². The van der Waals surface area contributed by atoms with Crippen LogP contribution in [0.1, 0.15) is 43.7 Å². The van der Waals surface area contributed by atoms with Crippen molar-refractivity contribution in [1.82, 2.24) is 15.5 Å². The van der Waals surface area contributed by atoms with Crippen molar-refractivity contribution in [3.63, 3.8) is 0 Å². The number of rotatable bonds is 11. The number of hydrogen-bond acceptors (Lipinski definition) is 4. The highest BCUT2D eigenvalue weighted by Crippen LogP contribution is 2.22. The van der Waals surface area contributed by atoms with Gasteiger partial charge in [-0.1, -0.05) is 24.3 Å². The van der Waals surface area contributed by atoms with Gasteiger partial charge >= 0.3 is 0 Å². The molecule has 1 aromatic carbocycles. The van der Waals surface area contributed by atoms with E-state index in [0.717, 1.165) is 77.8 Å². The second-order valence-corrected chi connectivity index (χ2v) is 7.97. The van der Waals surface area contributed by atoms with Crippen LogP contribution in [0.4, 0.5) is 0 Å². The number of carbonyl (C=O) groups excluding carboxylic acids is 1. The van der Waals surface area contributed by atoms with Crippen LogP contribution in [0.3, 0.4) is 0 Å². The highest BCUT2D eigenvalue weighted by Gasteiger charge is 2.22. The summed E-state index contributed by atoms with van der Waals surface area (Å²) in [7, 11) is 0. The first kappa shape index (κ1) is 25.9. The Bertz CT molecular complexity index is 670. The Labute approximate surface area is 203 Å². The number of nitrogens with one attached hydrogen (secondary N) is 2. The number of nitrogens with zero attached hydrogens (tertiary/aromatic N) is 2. The molecule has 1 saturated heterocycles. The predicted octanol–water partition coefficient (Wildman–Crippen LogP) is 2.93. The van der Waals surface area contributed by atoms with Gasteiger partial charge in [-0.2, -0.15) is 0 Å². The Morgan fingerprint density at radius 3 is 2.68 bits per heavy atom. The number of ether oxygens (including phenoxy) is 2. The average molecular weight is 544 g/mol. The predicted molar refractivity (Wildman–Crippen MR) is 134 cm³/mol. The van der Waals surface area contributed by atoms with Gasteiger partial charge in [-0.25, -0.2) is 0 Å². The minimum atomic E-state index is 0. The van der Waals surface area contributed by atoms with Crippen molar-refractivity contribution in [2.24, 2.45) is 10.9 Å². The number of guanidine groups is 1. The number of amides is 1. The third-order valence-electron chi connectivity index (χ3n) is 5.49. The van der Waals surface area contributed by atoms with Crippen LogP contribution < -0.4 is 10.6 Å². The molecule has 2 heterocycles. The first-order chi connectivity index (χ1) is 14.8. The third kappa shape index (κ3) is 8.94. The van der Waals surface area contributed by atoms with Gasteiger partial charge in [0, 0.05) is 58.3 Å². The summed E-state index contributed by atoms with van der Waals surface area (Å²) >= 11 is 0. The molecule has 7 nitrogen and oxygen atoms in total. The third-order valence-corrected chi connectivity index (χ3v) is 5.49. The molecule has 2 aliphatic heterocycles. The number of hydrogen-bond donors (Lipinski definition) is 2. The maximum Gasteiger partial charge on any atom is 0.223 e. The lowest BCUT2D eigenvalue weighted by molar-refractivity contribution is -0.131. The van der Waals surface area contributed by atoms with Gasteiger partial charge in [0.05, 0.1) is 13.2 Å². The van der Waals surface area contributed by atoms with E-state index < -0.39 is 0 Å². The zero-order chi connectivity index (χ0) is 21.0. The van der Waals surface area contributed by atoms with Gasteiger partial charge in [-0.15, -0.1) is 24.0 Å². The monoisotopic (exact) mass is 544 g/mol. The molecule has 1 amide bonds. The maximum absolute atomic E-state index is 12.5. The molecular weight excluding hydrogens is 507 g/mol. The van der Waals surface area contributed by atoms with E-state index in [1.807, 2.05) is 17.0 Å². The summed E-state index contributed by atoms with van der Waals surface area (Å²) in [5.41, 5.74) is 2.53. The lowest BCUT2D eigenvalue weighted by Gasteiger charge is -2.15. The summed E-state index contributed by atoms with van der Waals surface area (Å²) in [6.45, 7) is 9.04. The molecule has 0 aliphatic carbocycles. The summed E-state index contributed by atoms with van der Waals surface area (Å²) in [6.07, 6.45) is 3.35. The van der Waals surface area contributed by atoms with Crippen molar-refractivity contribution in [2.75, 3.05) is 46.1 Å². The van der Waals surface area contributed by atoms with E-state index in [2.05, 4.69) is 34.7 Å². The molecule has 0 radical (unpaired) electrons. The molecule has 1 aromatic rings. The Hall–Kier alpha value is -1.39. The Kier molecular flexibility index (Phi) is 12.2. The molecule has 0 aromatic heterocycles. The van der Waals surface area contributed by atoms with E-state index in [1.165, 1.54) is 11.1 Å². The van der Waals surface area contributed by atoms with Crippen LogP contribution in [-0.4, -0.2) is 62.8 Å². The Morgan fingerprint density at radius 2 is 2.00 bits per heavy atom. The first-order valence-electron chi connectivity index (χ1n) is 11.3. The quantitative estimate of drug-likeness (QED) is 0.194. The normalized spacial score (nSPS) is 17.9. The molecule has 1 fully saturated rings. The van der Waals surface area contributed by atoms with Crippen molar-refractivity contribution in [3.05, 3.63) is 35.4 Å². The zero-order valence-corrected chi connectivity index (χ0v) is 20.9. The number of carbonyl (C=O) groups is 1. The van der Waals surface area contributed by atoms with Gasteiger partial charge in [0.1, 0.15) is 0 Å². The first-order valence-corrected chi connectivity index (χ1v) is 11.3. The molecule has 1 atom stereocenters. The second-order valence-electron chi connectivity index (χ2n) is 7.97. The van der Waals surface area contributed by atoms with Gasteiger partial charge in [-0.05, 0) is 37.3 Å². The molecule has 3 rings (SSSR count). The summed E-state index contributed by atoms with van der Waals surface area (Å²) in [6, 6.07) is 8.28. The SMILES string of the molecule is CCNC(=NCCCC(=O)N1Cc2ccccc2C1)NCCCOCC1CCOC1.I. The highest BCUT2D eigenvalue weighted by atomic mass is 127. The van der Waals surface area contributed by atoms with Gasteiger partial charge in [0.2, 0.25) is 5.91 Å². The number of fused-ring (bicyclic) bond motifs is 1. The number of benzene rings is 1. The van der Waals surface area contributed by atoms with Crippen molar-refractivity contribution in [1.29, 1.82) is 0 Å². The molecule has 1 unspecified atom stereocenters. The van der Waals surface area contributed by atoms with E-state index in [0.29, 0.717) is 18.9 Å². The van der Waals surface area contributed by atoms with E-state index in [4.69, 9.17) is 9.47 Å². The Balaban J connectivity index is 0.00000341. The average Bonchev–Trinajstić information content (AvgIpc) is 3.43. The van der Waals surface area contributed by atoms with Crippen LogP contribution in [0.25, 0.3) is 0 Å². The van der Waals surface area contributed by atoms with Crippen LogP contribution in [0, 0.1) is 5.92 Å². The Morgan fingerprint density at radius 1 is 1.23 bits per heavy atom. The second kappa shape index (κ2) is 14.6. The van der Waals surface area contributed by atoms with Gasteiger partial charge in [-0.3, -0.25) is 9.79 Å². The fraction of sp³-hybridized carbons (Fsp3) is 0.652. The standard InChI is InChI=1S/C23H36N4O3.HI/c1-2-24-23(26-12-6-13-29-17-19-10-14-30-18-19)25-11-5-9-22(28)27-15-20-7-3-4-8-21(20)16-27;/h3-4,7-8,19H,2,5-6,9-18H2,1H3,(H2,24,25,26);1H. The van der Waals surface area contributed by atoms with Crippen LogP contribution in [0.5, 0.6) is 0 Å². The van der Waals surface area contributed by atoms with Crippen molar-refractivity contribution in [3.8, 4) is 0 Å². The maximum atomic E-state index is 12.5. The van der Waals surface area contributed by atoms with Crippen molar-refractivity contribution < 1.29 is 14.3 Å². The van der Waals surface area contributed by atoms with Crippen LogP contribution in [-0.2, 0) is 27.4 Å². The molecule has 174 valence electrons. The van der Waals surface area contributed by atoms with Gasteiger partial charge in [0.15, 0.2) is 5.96 Å². The lowest BCUT2D eigenvalue weighted by Crippen LogP contribution is -2.38. The van der Waals surface area contributed by atoms with E-state index >= 15 is 0 Å². The lowest BCUT2D eigenvalue weighted by atomic mass is 10.1. The number of aliphatic imine (C=N–C) groups is 1. The molecule has 31 heavy (non-hydrogen) atoms. The molecule has 2 aliphatic rings. The summed E-state index contributed by atoms with van der Waals surface area (Å²) < 4.78 is 11.1. The molecule has 8 heteroatoms. The molecule has 0 bridgehead atoms. The van der Waals surface area contributed by atoms with E-state index in [9.17, 15) is 4.79 Å². The van der Waals surface area contributed by atoms with Crippen LogP contribution >= 0.6 is 24.0 Å². The molecular formula is C23H37IN4O3. The largest absolute Gasteiger partial charge is 0.381 e. The molecule has 0 spiro atoms. The van der Waals surface area contributed by atoms with E-state index in [-0.39, 0.29) is 29.9 Å². The van der Waals surface area contributed by atoms with E-state index in [1.54, 1.807) is 0 Å². The number of halogens is 1. The zero-order valence-electron chi connectivity index (χ0n) is 18.6. The van der Waals surface area contributed by atoms with Crippen LogP contribution in [0.15, 0.2) is 29.3 Å². The summed E-state index contributed by atoms with van der Waals surface area (Å²) in [5.74, 6) is 1.58.